The molecule has 0 aromatic heterocycles. The van der Waals surface area contributed by atoms with E-state index in [2.05, 4.69) is 49.9 Å². The molecule has 0 N–H and O–H groups in total. The fraction of sp³-hybridized carbons (Fsp3) is 0.625. The van der Waals surface area contributed by atoms with Gasteiger partial charge in [0.15, 0.2) is 0 Å². The van der Waals surface area contributed by atoms with E-state index in [1.807, 2.05) is 0 Å². The second kappa shape index (κ2) is 6.74. The van der Waals surface area contributed by atoms with E-state index in [0.29, 0.717) is 12.2 Å². The fourth-order valence-electron chi connectivity index (χ4n) is 2.73. The van der Waals surface area contributed by atoms with Gasteiger partial charge in [0.25, 0.3) is 0 Å². The number of ether oxygens (including phenoxy) is 1. The van der Waals surface area contributed by atoms with Crippen LogP contribution in [0.15, 0.2) is 24.3 Å². The Morgan fingerprint density at radius 2 is 1.79 bits per heavy atom. The standard InChI is InChI=1S/C16H24ClNO/c1-4-14-5-7-15(8-6-14)16(17)11-18-9-12(2)19-13(3)10-18/h5-8,12-13,16H,4,9-11H2,1-3H3. The summed E-state index contributed by atoms with van der Waals surface area (Å²) in [5, 5.41) is 0.0587. The Morgan fingerprint density at radius 3 is 2.32 bits per heavy atom. The first-order valence-corrected chi connectivity index (χ1v) is 7.62. The lowest BCUT2D eigenvalue weighted by molar-refractivity contribution is -0.0678. The lowest BCUT2D eigenvalue weighted by Crippen LogP contribution is -2.46. The third kappa shape index (κ3) is 4.20. The van der Waals surface area contributed by atoms with E-state index in [0.717, 1.165) is 26.1 Å². The zero-order valence-corrected chi connectivity index (χ0v) is 12.9. The lowest BCUT2D eigenvalue weighted by Gasteiger charge is -2.36. The molecule has 0 amide bonds. The minimum atomic E-state index is 0.0587. The third-order valence-electron chi connectivity index (χ3n) is 3.66. The van der Waals surface area contributed by atoms with Crippen LogP contribution in [-0.2, 0) is 11.2 Å². The van der Waals surface area contributed by atoms with E-state index < -0.39 is 0 Å². The number of aryl methyl sites for hydroxylation is 1. The number of rotatable bonds is 4. The number of benzene rings is 1. The van der Waals surface area contributed by atoms with Crippen molar-refractivity contribution in [3.8, 4) is 0 Å². The predicted molar refractivity (Wildman–Crippen MR) is 80.9 cm³/mol. The van der Waals surface area contributed by atoms with Crippen LogP contribution in [0.25, 0.3) is 0 Å². The molecule has 1 aliphatic rings. The van der Waals surface area contributed by atoms with Gasteiger partial charge < -0.3 is 4.74 Å². The van der Waals surface area contributed by atoms with Gasteiger partial charge in [0, 0.05) is 19.6 Å². The van der Waals surface area contributed by atoms with Crippen molar-refractivity contribution in [2.24, 2.45) is 0 Å². The molecule has 1 aliphatic heterocycles. The minimum Gasteiger partial charge on any atom is -0.373 e. The summed E-state index contributed by atoms with van der Waals surface area (Å²) in [7, 11) is 0. The molecule has 3 atom stereocenters. The van der Waals surface area contributed by atoms with Gasteiger partial charge in [-0.05, 0) is 31.4 Å². The van der Waals surface area contributed by atoms with Crippen LogP contribution in [0.1, 0.15) is 37.3 Å². The molecule has 0 radical (unpaired) electrons. The molecule has 2 nitrogen and oxygen atoms in total. The first-order chi connectivity index (χ1) is 9.08. The van der Waals surface area contributed by atoms with Gasteiger partial charge in [-0.2, -0.15) is 0 Å². The van der Waals surface area contributed by atoms with Crippen molar-refractivity contribution in [2.75, 3.05) is 19.6 Å². The SMILES string of the molecule is CCc1ccc(C(Cl)CN2CC(C)OC(C)C2)cc1. The Balaban J connectivity index is 1.93. The molecule has 2 rings (SSSR count). The molecule has 1 saturated heterocycles. The molecule has 1 aromatic rings. The topological polar surface area (TPSA) is 12.5 Å². The summed E-state index contributed by atoms with van der Waals surface area (Å²) in [5.41, 5.74) is 2.58. The molecule has 1 heterocycles. The van der Waals surface area contributed by atoms with Crippen molar-refractivity contribution in [2.45, 2.75) is 44.8 Å². The quantitative estimate of drug-likeness (QED) is 0.782. The largest absolute Gasteiger partial charge is 0.373 e. The molecular formula is C16H24ClNO. The summed E-state index contributed by atoms with van der Waals surface area (Å²) < 4.78 is 5.75. The predicted octanol–water partition coefficient (Wildman–Crippen LogP) is 3.64. The van der Waals surface area contributed by atoms with E-state index in [4.69, 9.17) is 16.3 Å². The molecule has 1 aromatic carbocycles. The summed E-state index contributed by atoms with van der Waals surface area (Å²) in [5.74, 6) is 0. The number of hydrogen-bond acceptors (Lipinski definition) is 2. The smallest absolute Gasteiger partial charge is 0.0712 e. The molecule has 0 bridgehead atoms. The van der Waals surface area contributed by atoms with Crippen molar-refractivity contribution in [1.29, 1.82) is 0 Å². The van der Waals surface area contributed by atoms with Gasteiger partial charge in [0.05, 0.1) is 17.6 Å². The van der Waals surface area contributed by atoms with Gasteiger partial charge in [-0.1, -0.05) is 31.2 Å². The van der Waals surface area contributed by atoms with Crippen LogP contribution in [0.5, 0.6) is 0 Å². The minimum absolute atomic E-state index is 0.0587. The number of nitrogens with zero attached hydrogens (tertiary/aromatic N) is 1. The van der Waals surface area contributed by atoms with E-state index >= 15 is 0 Å². The van der Waals surface area contributed by atoms with Crippen LogP contribution < -0.4 is 0 Å². The summed E-state index contributed by atoms with van der Waals surface area (Å²) in [4.78, 5) is 2.41. The maximum absolute atomic E-state index is 6.55. The van der Waals surface area contributed by atoms with Gasteiger partial charge >= 0.3 is 0 Å². The van der Waals surface area contributed by atoms with Crippen LogP contribution >= 0.6 is 11.6 Å². The van der Waals surface area contributed by atoms with Crippen LogP contribution in [-0.4, -0.2) is 36.7 Å². The van der Waals surface area contributed by atoms with Gasteiger partial charge in [-0.25, -0.2) is 0 Å². The third-order valence-corrected chi connectivity index (χ3v) is 4.05. The average molecular weight is 282 g/mol. The van der Waals surface area contributed by atoms with Crippen molar-refractivity contribution < 1.29 is 4.74 Å². The Hall–Kier alpha value is -0.570. The Kier molecular flexibility index (Phi) is 5.26. The summed E-state index contributed by atoms with van der Waals surface area (Å²) >= 11 is 6.55. The van der Waals surface area contributed by atoms with Crippen molar-refractivity contribution in [1.82, 2.24) is 4.90 Å². The molecule has 3 heteroatoms. The summed E-state index contributed by atoms with van der Waals surface area (Å²) in [6.45, 7) is 9.26. The monoisotopic (exact) mass is 281 g/mol. The lowest BCUT2D eigenvalue weighted by atomic mass is 10.1. The van der Waals surface area contributed by atoms with Gasteiger partial charge in [-0.3, -0.25) is 4.90 Å². The Morgan fingerprint density at radius 1 is 1.21 bits per heavy atom. The number of halogens is 1. The highest BCUT2D eigenvalue weighted by molar-refractivity contribution is 6.21. The van der Waals surface area contributed by atoms with Crippen LogP contribution in [0, 0.1) is 0 Å². The average Bonchev–Trinajstić information content (AvgIpc) is 2.37. The maximum Gasteiger partial charge on any atom is 0.0712 e. The van der Waals surface area contributed by atoms with Gasteiger partial charge in [0.2, 0.25) is 0 Å². The maximum atomic E-state index is 6.55. The highest BCUT2D eigenvalue weighted by atomic mass is 35.5. The molecule has 3 unspecified atom stereocenters. The summed E-state index contributed by atoms with van der Waals surface area (Å²) in [6.07, 6.45) is 1.68. The van der Waals surface area contributed by atoms with Gasteiger partial charge in [-0.15, -0.1) is 11.6 Å². The molecular weight excluding hydrogens is 258 g/mol. The van der Waals surface area contributed by atoms with E-state index in [1.54, 1.807) is 0 Å². The molecule has 0 aliphatic carbocycles. The van der Waals surface area contributed by atoms with E-state index in [9.17, 15) is 0 Å². The number of morpholine rings is 1. The second-order valence-electron chi connectivity index (χ2n) is 5.54. The molecule has 19 heavy (non-hydrogen) atoms. The Labute approximate surface area is 121 Å². The van der Waals surface area contributed by atoms with Crippen LogP contribution in [0.4, 0.5) is 0 Å². The molecule has 0 spiro atoms. The summed E-state index contributed by atoms with van der Waals surface area (Å²) in [6, 6.07) is 8.66. The van der Waals surface area contributed by atoms with Crippen LogP contribution in [0.3, 0.4) is 0 Å². The molecule has 106 valence electrons. The molecule has 0 saturated carbocycles. The van der Waals surface area contributed by atoms with Crippen molar-refractivity contribution >= 4 is 11.6 Å². The van der Waals surface area contributed by atoms with Crippen LogP contribution in [0.2, 0.25) is 0 Å². The zero-order valence-electron chi connectivity index (χ0n) is 12.1. The molecule has 1 fully saturated rings. The fourth-order valence-corrected chi connectivity index (χ4v) is 3.07. The van der Waals surface area contributed by atoms with E-state index in [-0.39, 0.29) is 5.38 Å². The van der Waals surface area contributed by atoms with Crippen molar-refractivity contribution in [3.05, 3.63) is 35.4 Å². The zero-order chi connectivity index (χ0) is 13.8. The van der Waals surface area contributed by atoms with E-state index in [1.165, 1.54) is 11.1 Å². The normalized spacial score (nSPS) is 26.3. The van der Waals surface area contributed by atoms with Crippen molar-refractivity contribution in [3.63, 3.8) is 0 Å². The second-order valence-corrected chi connectivity index (χ2v) is 6.07. The highest BCUT2D eigenvalue weighted by Gasteiger charge is 2.24. The first kappa shape index (κ1) is 14.8. The number of alkyl halides is 1. The Bertz CT molecular complexity index is 382. The highest BCUT2D eigenvalue weighted by Crippen LogP contribution is 2.24. The van der Waals surface area contributed by atoms with Gasteiger partial charge in [0.1, 0.15) is 0 Å². The first-order valence-electron chi connectivity index (χ1n) is 7.19. The number of hydrogen-bond donors (Lipinski definition) is 0.